The van der Waals surface area contributed by atoms with Crippen LogP contribution in [0.15, 0.2) is 88.0 Å². The van der Waals surface area contributed by atoms with Crippen LogP contribution in [0.5, 0.6) is 0 Å². The number of hydrogen-bond acceptors (Lipinski definition) is 2. The first kappa shape index (κ1) is 13.8. The molecule has 0 saturated carbocycles. The summed E-state index contributed by atoms with van der Waals surface area (Å²) in [4.78, 5) is 4.82. The average Bonchev–Trinajstić information content (AvgIpc) is 2.99. The molecule has 0 fully saturated rings. The Balaban J connectivity index is 1.95. The van der Waals surface area contributed by atoms with Gasteiger partial charge in [0.25, 0.3) is 0 Å². The first-order valence-electron chi connectivity index (χ1n) is 7.84. The Morgan fingerprint density at radius 1 is 1.04 bits per heavy atom. The van der Waals surface area contributed by atoms with E-state index in [0.717, 1.165) is 45.3 Å². The van der Waals surface area contributed by atoms with Crippen LogP contribution in [0.1, 0.15) is 18.9 Å². The van der Waals surface area contributed by atoms with Crippen LogP contribution < -0.4 is 0 Å². The zero-order chi connectivity index (χ0) is 15.6. The van der Waals surface area contributed by atoms with E-state index in [1.807, 2.05) is 49.4 Å². The number of rotatable bonds is 2. The van der Waals surface area contributed by atoms with Crippen molar-refractivity contribution < 1.29 is 4.42 Å². The molecular weight excluding hydrogens is 282 g/mol. The van der Waals surface area contributed by atoms with Gasteiger partial charge in [-0.05, 0) is 31.2 Å². The normalized spacial score (nSPS) is 16.7. The maximum absolute atomic E-state index is 5.97. The Morgan fingerprint density at radius 3 is 2.83 bits per heavy atom. The van der Waals surface area contributed by atoms with E-state index in [-0.39, 0.29) is 0 Å². The second-order valence-electron chi connectivity index (χ2n) is 5.56. The number of benzene rings is 2. The van der Waals surface area contributed by atoms with Gasteiger partial charge in [-0.2, -0.15) is 0 Å². The number of nitrogens with zero attached hydrogens (tertiary/aromatic N) is 1. The fraction of sp³-hybridized carbons (Fsp3) is 0.0952. The van der Waals surface area contributed by atoms with E-state index in [0.29, 0.717) is 0 Å². The van der Waals surface area contributed by atoms with Gasteiger partial charge in [-0.15, -0.1) is 0 Å². The molecule has 0 saturated heterocycles. The smallest absolute Gasteiger partial charge is 0.136 e. The third kappa shape index (κ3) is 2.42. The fourth-order valence-electron chi connectivity index (χ4n) is 2.98. The molecule has 0 spiro atoms. The topological polar surface area (TPSA) is 25.5 Å². The van der Waals surface area contributed by atoms with Gasteiger partial charge in [-0.3, -0.25) is 4.99 Å². The molecule has 1 aromatic heterocycles. The van der Waals surface area contributed by atoms with Crippen molar-refractivity contribution in [1.29, 1.82) is 0 Å². The highest BCUT2D eigenvalue weighted by Gasteiger charge is 2.14. The largest absolute Gasteiger partial charge is 0.456 e. The second kappa shape index (κ2) is 5.73. The van der Waals surface area contributed by atoms with Gasteiger partial charge in [0, 0.05) is 28.5 Å². The molecule has 0 amide bonds. The van der Waals surface area contributed by atoms with Crippen LogP contribution in [0.4, 0.5) is 0 Å². The lowest BCUT2D eigenvalue weighted by Gasteiger charge is -2.10. The monoisotopic (exact) mass is 299 g/mol. The minimum atomic E-state index is 0.871. The van der Waals surface area contributed by atoms with Gasteiger partial charge in [-0.1, -0.05) is 48.6 Å². The number of dihydropyridines is 1. The molecule has 4 rings (SSSR count). The van der Waals surface area contributed by atoms with E-state index >= 15 is 0 Å². The summed E-state index contributed by atoms with van der Waals surface area (Å²) in [7, 11) is 0. The summed E-state index contributed by atoms with van der Waals surface area (Å²) in [5.41, 5.74) is 5.01. The minimum absolute atomic E-state index is 0.871. The van der Waals surface area contributed by atoms with Crippen LogP contribution in [0.2, 0.25) is 0 Å². The second-order valence-corrected chi connectivity index (χ2v) is 5.56. The predicted octanol–water partition coefficient (Wildman–Crippen LogP) is 5.80. The molecule has 0 aliphatic carbocycles. The summed E-state index contributed by atoms with van der Waals surface area (Å²) >= 11 is 0. The summed E-state index contributed by atoms with van der Waals surface area (Å²) < 4.78 is 5.97. The van der Waals surface area contributed by atoms with Crippen molar-refractivity contribution >= 4 is 27.7 Å². The molecular formula is C21H17NO. The SMILES string of the molecule is C/C=C\C=C1/CC=CC(c2cccc3oc4ccccc4c23)=N1. The molecule has 112 valence electrons. The van der Waals surface area contributed by atoms with Crippen molar-refractivity contribution in [2.45, 2.75) is 13.3 Å². The molecule has 0 radical (unpaired) electrons. The number of allylic oxidation sites excluding steroid dienone is 5. The third-order valence-corrected chi connectivity index (χ3v) is 4.03. The molecule has 1 aliphatic heterocycles. The molecule has 3 aromatic rings. The van der Waals surface area contributed by atoms with Crippen LogP contribution in [0.3, 0.4) is 0 Å². The van der Waals surface area contributed by atoms with Gasteiger partial charge in [0.15, 0.2) is 0 Å². The van der Waals surface area contributed by atoms with E-state index in [1.54, 1.807) is 0 Å². The standard InChI is InChI=1S/C21H17NO/c1-2-3-8-15-9-6-12-18(22-15)16-11-7-14-20-21(16)17-10-4-5-13-19(17)23-20/h2-8,10-14H,9H2,1H3/b3-2-,15-8+. The van der Waals surface area contributed by atoms with Crippen molar-refractivity contribution in [1.82, 2.24) is 0 Å². The van der Waals surface area contributed by atoms with Crippen LogP contribution >= 0.6 is 0 Å². The molecule has 0 bridgehead atoms. The van der Waals surface area contributed by atoms with Crippen LogP contribution in [-0.2, 0) is 0 Å². The van der Waals surface area contributed by atoms with Crippen molar-refractivity contribution in [3.63, 3.8) is 0 Å². The van der Waals surface area contributed by atoms with Crippen molar-refractivity contribution in [2.75, 3.05) is 0 Å². The van der Waals surface area contributed by atoms with Crippen molar-refractivity contribution in [2.24, 2.45) is 4.99 Å². The Bertz CT molecular complexity index is 999. The maximum atomic E-state index is 5.97. The molecule has 0 N–H and O–H groups in total. The molecule has 2 heterocycles. The summed E-state index contributed by atoms with van der Waals surface area (Å²) in [6.45, 7) is 2.01. The van der Waals surface area contributed by atoms with Gasteiger partial charge < -0.3 is 4.42 Å². The summed E-state index contributed by atoms with van der Waals surface area (Å²) in [6, 6.07) is 14.3. The lowest BCUT2D eigenvalue weighted by molar-refractivity contribution is 0.669. The Morgan fingerprint density at radius 2 is 1.91 bits per heavy atom. The maximum Gasteiger partial charge on any atom is 0.136 e. The van der Waals surface area contributed by atoms with Gasteiger partial charge in [-0.25, -0.2) is 0 Å². The van der Waals surface area contributed by atoms with Gasteiger partial charge in [0.2, 0.25) is 0 Å². The van der Waals surface area contributed by atoms with E-state index in [1.165, 1.54) is 0 Å². The highest BCUT2D eigenvalue weighted by atomic mass is 16.3. The summed E-state index contributed by atoms with van der Waals surface area (Å²) in [5, 5.41) is 2.28. The first-order valence-corrected chi connectivity index (χ1v) is 7.84. The molecule has 0 unspecified atom stereocenters. The number of para-hydroxylation sites is 1. The summed E-state index contributed by atoms with van der Waals surface area (Å²) in [6.07, 6.45) is 11.3. The number of aliphatic imine (C=N–C) groups is 1. The molecule has 2 aromatic carbocycles. The van der Waals surface area contributed by atoms with Crippen molar-refractivity contribution in [3.8, 4) is 0 Å². The van der Waals surface area contributed by atoms with E-state index in [9.17, 15) is 0 Å². The molecule has 2 nitrogen and oxygen atoms in total. The molecule has 1 aliphatic rings. The Hall–Kier alpha value is -2.87. The lowest BCUT2D eigenvalue weighted by atomic mass is 10.00. The highest BCUT2D eigenvalue weighted by molar-refractivity contribution is 6.22. The zero-order valence-electron chi connectivity index (χ0n) is 13.0. The molecule has 23 heavy (non-hydrogen) atoms. The number of fused-ring (bicyclic) bond motifs is 3. The van der Waals surface area contributed by atoms with Crippen molar-refractivity contribution in [3.05, 3.63) is 84.1 Å². The third-order valence-electron chi connectivity index (χ3n) is 4.03. The zero-order valence-corrected chi connectivity index (χ0v) is 13.0. The van der Waals surface area contributed by atoms with E-state index in [2.05, 4.69) is 30.4 Å². The van der Waals surface area contributed by atoms with Gasteiger partial charge in [0.05, 0.1) is 5.71 Å². The highest BCUT2D eigenvalue weighted by Crippen LogP contribution is 2.32. The molecule has 2 heteroatoms. The molecule has 0 atom stereocenters. The number of hydrogen-bond donors (Lipinski definition) is 0. The first-order chi connectivity index (χ1) is 11.4. The quantitative estimate of drug-likeness (QED) is 0.587. The van der Waals surface area contributed by atoms with Crippen LogP contribution in [-0.4, -0.2) is 5.71 Å². The Kier molecular flexibility index (Phi) is 3.43. The van der Waals surface area contributed by atoms with Crippen LogP contribution in [0, 0.1) is 0 Å². The summed E-state index contributed by atoms with van der Waals surface area (Å²) in [5.74, 6) is 0. The van der Waals surface area contributed by atoms with Gasteiger partial charge in [0.1, 0.15) is 11.2 Å². The minimum Gasteiger partial charge on any atom is -0.456 e. The number of furan rings is 1. The van der Waals surface area contributed by atoms with Crippen LogP contribution in [0.25, 0.3) is 21.9 Å². The van der Waals surface area contributed by atoms with E-state index < -0.39 is 0 Å². The van der Waals surface area contributed by atoms with E-state index in [4.69, 9.17) is 9.41 Å². The predicted molar refractivity (Wildman–Crippen MR) is 96.9 cm³/mol. The Labute approximate surface area is 135 Å². The average molecular weight is 299 g/mol. The van der Waals surface area contributed by atoms with Gasteiger partial charge >= 0.3 is 0 Å². The fourth-order valence-corrected chi connectivity index (χ4v) is 2.98. The lowest BCUT2D eigenvalue weighted by Crippen LogP contribution is -2.02.